The third-order valence-corrected chi connectivity index (χ3v) is 4.77. The zero-order valence-electron chi connectivity index (χ0n) is 13.2. The van der Waals surface area contributed by atoms with Crippen LogP contribution in [0.15, 0.2) is 0 Å². The normalized spacial score (nSPS) is 24.4. The van der Waals surface area contributed by atoms with Gasteiger partial charge in [-0.2, -0.15) is 0 Å². The van der Waals surface area contributed by atoms with Crippen molar-refractivity contribution < 1.29 is 4.79 Å². The first kappa shape index (κ1) is 15.8. The molecule has 1 N–H and O–H groups in total. The van der Waals surface area contributed by atoms with Crippen LogP contribution in [0.25, 0.3) is 0 Å². The van der Waals surface area contributed by atoms with Crippen molar-refractivity contribution in [1.29, 1.82) is 0 Å². The van der Waals surface area contributed by atoms with Gasteiger partial charge in [0.05, 0.1) is 6.04 Å². The zero-order chi connectivity index (χ0) is 14.4. The minimum Gasteiger partial charge on any atom is -0.341 e. The highest BCUT2D eigenvalue weighted by molar-refractivity contribution is 5.81. The van der Waals surface area contributed by atoms with Gasteiger partial charge in [0, 0.05) is 25.7 Å². The van der Waals surface area contributed by atoms with E-state index < -0.39 is 0 Å². The molecule has 0 bridgehead atoms. The average molecular weight is 281 g/mol. The number of amides is 1. The largest absolute Gasteiger partial charge is 0.341 e. The fourth-order valence-electron chi connectivity index (χ4n) is 3.31. The highest BCUT2D eigenvalue weighted by Gasteiger charge is 2.23. The van der Waals surface area contributed by atoms with E-state index in [2.05, 4.69) is 17.1 Å². The monoisotopic (exact) mass is 281 g/mol. The van der Waals surface area contributed by atoms with Crippen LogP contribution in [0.1, 0.15) is 52.4 Å². The number of nitrogens with one attached hydrogen (secondary N) is 1. The van der Waals surface area contributed by atoms with Gasteiger partial charge in [-0.3, -0.25) is 9.69 Å². The first-order valence-electron chi connectivity index (χ1n) is 8.44. The first-order valence-corrected chi connectivity index (χ1v) is 8.44. The highest BCUT2D eigenvalue weighted by atomic mass is 16.2. The molecule has 0 radical (unpaired) electrons. The number of rotatable bonds is 5. The Morgan fingerprint density at radius 3 is 2.10 bits per heavy atom. The molecule has 2 atom stereocenters. The van der Waals surface area contributed by atoms with Gasteiger partial charge < -0.3 is 10.2 Å². The summed E-state index contributed by atoms with van der Waals surface area (Å²) in [5.41, 5.74) is 0. The summed E-state index contributed by atoms with van der Waals surface area (Å²) in [6.45, 7) is 9.55. The van der Waals surface area contributed by atoms with Crippen molar-refractivity contribution in [2.75, 3.05) is 32.7 Å². The first-order chi connectivity index (χ1) is 9.68. The van der Waals surface area contributed by atoms with Crippen molar-refractivity contribution >= 4 is 5.91 Å². The fourth-order valence-corrected chi connectivity index (χ4v) is 3.31. The molecule has 2 fully saturated rings. The molecule has 116 valence electrons. The van der Waals surface area contributed by atoms with E-state index in [4.69, 9.17) is 0 Å². The second-order valence-corrected chi connectivity index (χ2v) is 6.46. The number of likely N-dealkylation sites (tertiary alicyclic amines) is 2. The molecule has 0 aromatic carbocycles. The van der Waals surface area contributed by atoms with Gasteiger partial charge in [-0.1, -0.05) is 6.42 Å². The molecule has 0 spiro atoms. The maximum Gasteiger partial charge on any atom is 0.239 e. The number of nitrogens with zero attached hydrogens (tertiary/aromatic N) is 2. The number of carbonyl (C=O) groups excluding carboxylic acids is 1. The third-order valence-electron chi connectivity index (χ3n) is 4.77. The smallest absolute Gasteiger partial charge is 0.239 e. The number of hydrogen-bond acceptors (Lipinski definition) is 3. The van der Waals surface area contributed by atoms with Crippen LogP contribution in [0.3, 0.4) is 0 Å². The van der Waals surface area contributed by atoms with Crippen LogP contribution in [0.4, 0.5) is 0 Å². The molecular weight excluding hydrogens is 250 g/mol. The van der Waals surface area contributed by atoms with Gasteiger partial charge in [0.25, 0.3) is 0 Å². The summed E-state index contributed by atoms with van der Waals surface area (Å²) >= 11 is 0. The topological polar surface area (TPSA) is 35.6 Å². The Morgan fingerprint density at radius 2 is 1.50 bits per heavy atom. The molecular formula is C16H31N3O. The molecule has 4 nitrogen and oxygen atoms in total. The van der Waals surface area contributed by atoms with Gasteiger partial charge >= 0.3 is 0 Å². The Hall–Kier alpha value is -0.610. The van der Waals surface area contributed by atoms with Gasteiger partial charge in [-0.05, 0) is 59.0 Å². The third kappa shape index (κ3) is 4.45. The van der Waals surface area contributed by atoms with E-state index >= 15 is 0 Å². The molecule has 20 heavy (non-hydrogen) atoms. The van der Waals surface area contributed by atoms with E-state index in [0.717, 1.165) is 19.6 Å². The molecule has 0 aromatic rings. The molecule has 2 aliphatic rings. The summed E-state index contributed by atoms with van der Waals surface area (Å²) in [5.74, 6) is 0.288. The molecule has 2 saturated heterocycles. The molecule has 2 aliphatic heterocycles. The Labute approximate surface area is 123 Å². The van der Waals surface area contributed by atoms with Gasteiger partial charge in [0.1, 0.15) is 0 Å². The van der Waals surface area contributed by atoms with E-state index in [9.17, 15) is 4.79 Å². The summed E-state index contributed by atoms with van der Waals surface area (Å²) in [6, 6.07) is 0.493. The van der Waals surface area contributed by atoms with Crippen LogP contribution >= 0.6 is 0 Å². The summed E-state index contributed by atoms with van der Waals surface area (Å²) in [5, 5.41) is 3.44. The highest BCUT2D eigenvalue weighted by Crippen LogP contribution is 2.12. The van der Waals surface area contributed by atoms with Crippen molar-refractivity contribution in [3.8, 4) is 0 Å². The van der Waals surface area contributed by atoms with E-state index in [-0.39, 0.29) is 11.9 Å². The molecule has 1 amide bonds. The van der Waals surface area contributed by atoms with Gasteiger partial charge in [-0.15, -0.1) is 0 Å². The lowest BCUT2D eigenvalue weighted by molar-refractivity contribution is -0.134. The lowest BCUT2D eigenvalue weighted by Crippen LogP contribution is -2.50. The zero-order valence-corrected chi connectivity index (χ0v) is 13.2. The maximum atomic E-state index is 12.3. The lowest BCUT2D eigenvalue weighted by Gasteiger charge is -2.34. The quantitative estimate of drug-likeness (QED) is 0.835. The Morgan fingerprint density at radius 1 is 0.950 bits per heavy atom. The van der Waals surface area contributed by atoms with Crippen LogP contribution in [-0.4, -0.2) is 60.5 Å². The number of hydrogen-bond donors (Lipinski definition) is 1. The van der Waals surface area contributed by atoms with Gasteiger partial charge in [0.15, 0.2) is 0 Å². The van der Waals surface area contributed by atoms with Gasteiger partial charge in [0.2, 0.25) is 5.91 Å². The van der Waals surface area contributed by atoms with Crippen molar-refractivity contribution in [2.24, 2.45) is 0 Å². The van der Waals surface area contributed by atoms with E-state index in [1.54, 1.807) is 0 Å². The van der Waals surface area contributed by atoms with Crippen molar-refractivity contribution in [2.45, 2.75) is 64.5 Å². The molecule has 0 aromatic heterocycles. The maximum absolute atomic E-state index is 12.3. The summed E-state index contributed by atoms with van der Waals surface area (Å²) in [4.78, 5) is 16.9. The standard InChI is InChI=1S/C16H31N3O/c1-14(18-9-5-3-6-10-18)13-17-15(2)16(20)19-11-7-4-8-12-19/h14-15,17H,3-13H2,1-2H3. The second kappa shape index (κ2) is 7.99. The summed E-state index contributed by atoms with van der Waals surface area (Å²) in [7, 11) is 0. The van der Waals surface area contributed by atoms with E-state index in [1.807, 2.05) is 11.8 Å². The lowest BCUT2D eigenvalue weighted by atomic mass is 10.1. The Kier molecular flexibility index (Phi) is 6.30. The van der Waals surface area contributed by atoms with Gasteiger partial charge in [-0.25, -0.2) is 0 Å². The van der Waals surface area contributed by atoms with Crippen LogP contribution in [0.5, 0.6) is 0 Å². The molecule has 0 aliphatic carbocycles. The molecule has 0 saturated carbocycles. The summed E-state index contributed by atoms with van der Waals surface area (Å²) in [6.07, 6.45) is 7.64. The van der Waals surface area contributed by atoms with Crippen molar-refractivity contribution in [1.82, 2.24) is 15.1 Å². The predicted octanol–water partition coefficient (Wildman–Crippen LogP) is 1.85. The minimum atomic E-state index is -0.0414. The Bertz CT molecular complexity index is 296. The predicted molar refractivity (Wildman–Crippen MR) is 82.8 cm³/mol. The van der Waals surface area contributed by atoms with E-state index in [0.29, 0.717) is 6.04 Å². The molecule has 2 heterocycles. The van der Waals surface area contributed by atoms with Crippen LogP contribution < -0.4 is 5.32 Å². The Balaban J connectivity index is 1.70. The molecule has 4 heteroatoms. The number of carbonyl (C=O) groups is 1. The second-order valence-electron chi connectivity index (χ2n) is 6.46. The number of piperidine rings is 2. The fraction of sp³-hybridized carbons (Fsp3) is 0.938. The summed E-state index contributed by atoms with van der Waals surface area (Å²) < 4.78 is 0. The minimum absolute atomic E-state index is 0.0414. The average Bonchev–Trinajstić information content (AvgIpc) is 2.53. The molecule has 2 rings (SSSR count). The van der Waals surface area contributed by atoms with Crippen molar-refractivity contribution in [3.05, 3.63) is 0 Å². The SMILES string of the molecule is CC(NCC(C)N1CCCCC1)C(=O)N1CCCCC1. The van der Waals surface area contributed by atoms with Crippen LogP contribution in [0.2, 0.25) is 0 Å². The van der Waals surface area contributed by atoms with Crippen LogP contribution in [-0.2, 0) is 4.79 Å². The van der Waals surface area contributed by atoms with E-state index in [1.165, 1.54) is 51.6 Å². The van der Waals surface area contributed by atoms with Crippen LogP contribution in [0, 0.1) is 0 Å². The van der Waals surface area contributed by atoms with Crippen molar-refractivity contribution in [3.63, 3.8) is 0 Å². The molecule has 2 unspecified atom stereocenters.